The van der Waals surface area contributed by atoms with Crippen LogP contribution in [0.3, 0.4) is 0 Å². The van der Waals surface area contributed by atoms with E-state index in [0.717, 1.165) is 12.5 Å². The molecular formula is C12H10N2O6S. The first-order valence-electron chi connectivity index (χ1n) is 5.62. The number of hydroxylamine groups is 2. The highest BCUT2D eigenvalue weighted by Crippen LogP contribution is 2.22. The number of benzene rings is 1. The minimum absolute atomic E-state index is 0.0643. The molecule has 1 aromatic rings. The molecule has 0 atom stereocenters. The Morgan fingerprint density at radius 1 is 1.10 bits per heavy atom. The first-order chi connectivity index (χ1) is 9.70. The summed E-state index contributed by atoms with van der Waals surface area (Å²) in [7, 11) is -2.85. The summed E-state index contributed by atoms with van der Waals surface area (Å²) in [6.45, 7) is 0. The van der Waals surface area contributed by atoms with Gasteiger partial charge in [0.25, 0.3) is 11.8 Å². The average Bonchev–Trinajstić information content (AvgIpc) is 2.62. The Bertz CT molecular complexity index is 748. The second-order valence-electron chi connectivity index (χ2n) is 4.41. The van der Waals surface area contributed by atoms with Gasteiger partial charge in [0.1, 0.15) is 0 Å². The van der Waals surface area contributed by atoms with Crippen LogP contribution in [0.5, 0.6) is 0 Å². The van der Waals surface area contributed by atoms with Gasteiger partial charge in [-0.2, -0.15) is 4.36 Å². The van der Waals surface area contributed by atoms with Gasteiger partial charge in [-0.15, -0.1) is 0 Å². The van der Waals surface area contributed by atoms with Crippen LogP contribution in [0.15, 0.2) is 28.6 Å². The van der Waals surface area contributed by atoms with Crippen molar-refractivity contribution in [3.8, 4) is 0 Å². The molecule has 0 unspecified atom stereocenters. The third kappa shape index (κ3) is 2.97. The van der Waals surface area contributed by atoms with Gasteiger partial charge in [-0.25, -0.2) is 9.00 Å². The number of fused-ring (bicyclic) bond motifs is 1. The van der Waals surface area contributed by atoms with E-state index in [1.54, 1.807) is 12.1 Å². The molecule has 1 heterocycles. The molecule has 21 heavy (non-hydrogen) atoms. The molecule has 0 aliphatic carbocycles. The van der Waals surface area contributed by atoms with E-state index in [1.165, 1.54) is 12.1 Å². The smallest absolute Gasteiger partial charge is 0.320 e. The fraction of sp³-hybridized carbons (Fsp3) is 0.167. The zero-order valence-electron chi connectivity index (χ0n) is 11.1. The van der Waals surface area contributed by atoms with Crippen molar-refractivity contribution in [2.24, 2.45) is 4.36 Å². The Kier molecular flexibility index (Phi) is 3.60. The minimum atomic E-state index is -2.85. The van der Waals surface area contributed by atoms with Crippen molar-refractivity contribution in [1.82, 2.24) is 5.06 Å². The molecule has 3 amide bonds. The molecule has 1 aromatic carbocycles. The van der Waals surface area contributed by atoms with E-state index in [9.17, 15) is 23.4 Å². The van der Waals surface area contributed by atoms with Crippen LogP contribution in [0, 0.1) is 0 Å². The molecule has 0 fully saturated rings. The number of carbonyl (C=O) groups excluding carboxylic acids is 4. The molecule has 0 saturated heterocycles. The average molecular weight is 310 g/mol. The Labute approximate surface area is 119 Å². The van der Waals surface area contributed by atoms with E-state index in [0.29, 0.717) is 0 Å². The molecule has 0 N–H and O–H groups in total. The summed E-state index contributed by atoms with van der Waals surface area (Å²) in [6, 6.07) is 5.86. The quantitative estimate of drug-likeness (QED) is 0.533. The van der Waals surface area contributed by atoms with Gasteiger partial charge in [0.05, 0.1) is 11.1 Å². The highest BCUT2D eigenvalue weighted by Gasteiger charge is 2.39. The zero-order chi connectivity index (χ0) is 15.8. The maximum atomic E-state index is 11.9. The number of rotatable bonds is 1. The molecule has 1 aliphatic heterocycles. The van der Waals surface area contributed by atoms with E-state index in [1.807, 2.05) is 0 Å². The summed E-state index contributed by atoms with van der Waals surface area (Å²) in [6.07, 6.45) is 2.31. The lowest BCUT2D eigenvalue weighted by Crippen LogP contribution is -2.35. The van der Waals surface area contributed by atoms with E-state index in [4.69, 9.17) is 0 Å². The van der Waals surface area contributed by atoms with Crippen LogP contribution in [-0.2, 0) is 24.2 Å². The zero-order valence-corrected chi connectivity index (χ0v) is 11.9. The van der Waals surface area contributed by atoms with Crippen molar-refractivity contribution >= 4 is 33.4 Å². The van der Waals surface area contributed by atoms with E-state index < -0.39 is 33.4 Å². The fourth-order valence-corrected chi connectivity index (χ4v) is 2.08. The van der Waals surface area contributed by atoms with Crippen LogP contribution in [0.2, 0.25) is 0 Å². The van der Waals surface area contributed by atoms with Gasteiger partial charge in [-0.1, -0.05) is 17.2 Å². The summed E-state index contributed by atoms with van der Waals surface area (Å²) in [4.78, 5) is 51.1. The highest BCUT2D eigenvalue weighted by molar-refractivity contribution is 7.92. The standard InChI is InChI=1S/C12H10N2O6S/c1-21(2,19)13-9(15)12(18)20-14-10(16)7-5-3-4-6-8(7)11(14)17/h3-6H,1-2H3. The number of nitrogens with zero attached hydrogens (tertiary/aromatic N) is 2. The maximum absolute atomic E-state index is 11.9. The molecule has 1 aliphatic rings. The third-order valence-electron chi connectivity index (χ3n) is 2.41. The van der Waals surface area contributed by atoms with Gasteiger partial charge < -0.3 is 4.84 Å². The van der Waals surface area contributed by atoms with Gasteiger partial charge in [-0.3, -0.25) is 14.4 Å². The van der Waals surface area contributed by atoms with E-state index >= 15 is 0 Å². The van der Waals surface area contributed by atoms with Crippen molar-refractivity contribution in [3.05, 3.63) is 35.4 Å². The molecule has 110 valence electrons. The molecule has 0 saturated carbocycles. The summed E-state index contributed by atoms with van der Waals surface area (Å²) in [5, 5.41) is 0.188. The van der Waals surface area contributed by atoms with Crippen LogP contribution in [0.1, 0.15) is 20.7 Å². The first kappa shape index (κ1) is 14.9. The van der Waals surface area contributed by atoms with Crippen molar-refractivity contribution < 1.29 is 28.2 Å². The molecule has 9 heteroatoms. The molecule has 0 bridgehead atoms. The van der Waals surface area contributed by atoms with Gasteiger partial charge in [0.15, 0.2) is 0 Å². The summed E-state index contributed by atoms with van der Waals surface area (Å²) < 4.78 is 14.4. The topological polar surface area (TPSA) is 110 Å². The van der Waals surface area contributed by atoms with Crippen LogP contribution in [-0.4, -0.2) is 45.5 Å². The third-order valence-corrected chi connectivity index (χ3v) is 3.01. The fourth-order valence-electron chi connectivity index (χ4n) is 1.61. The Balaban J connectivity index is 2.22. The number of amides is 3. The van der Waals surface area contributed by atoms with Crippen molar-refractivity contribution in [3.63, 3.8) is 0 Å². The van der Waals surface area contributed by atoms with Crippen molar-refractivity contribution in [1.29, 1.82) is 0 Å². The van der Waals surface area contributed by atoms with Crippen LogP contribution >= 0.6 is 0 Å². The predicted molar refractivity (Wildman–Crippen MR) is 70.5 cm³/mol. The molecule has 0 radical (unpaired) electrons. The highest BCUT2D eigenvalue weighted by atomic mass is 32.2. The van der Waals surface area contributed by atoms with E-state index in [2.05, 4.69) is 9.20 Å². The van der Waals surface area contributed by atoms with Gasteiger partial charge in [-0.05, 0) is 12.1 Å². The SMILES string of the molecule is CS(C)(=O)=NC(=O)C(=O)ON1C(=O)c2ccccc2C1=O. The van der Waals surface area contributed by atoms with Gasteiger partial charge in [0, 0.05) is 22.2 Å². The number of imide groups is 1. The monoisotopic (exact) mass is 310 g/mol. The predicted octanol–water partition coefficient (Wildman–Crippen LogP) is -0.00500. The van der Waals surface area contributed by atoms with Crippen LogP contribution in [0.25, 0.3) is 0 Å². The largest absolute Gasteiger partial charge is 0.424 e. The van der Waals surface area contributed by atoms with Crippen molar-refractivity contribution in [2.75, 3.05) is 12.5 Å². The van der Waals surface area contributed by atoms with Gasteiger partial charge in [0.2, 0.25) is 0 Å². The molecule has 0 spiro atoms. The second-order valence-corrected chi connectivity index (χ2v) is 6.95. The summed E-state index contributed by atoms with van der Waals surface area (Å²) >= 11 is 0. The van der Waals surface area contributed by atoms with Crippen LogP contribution in [0.4, 0.5) is 0 Å². The molecule has 2 rings (SSSR count). The normalized spacial score (nSPS) is 13.9. The molecule has 8 nitrogen and oxygen atoms in total. The van der Waals surface area contributed by atoms with E-state index in [-0.39, 0.29) is 16.2 Å². The first-order valence-corrected chi connectivity index (χ1v) is 7.95. The minimum Gasteiger partial charge on any atom is -0.320 e. The van der Waals surface area contributed by atoms with Crippen LogP contribution < -0.4 is 0 Å². The lowest BCUT2D eigenvalue weighted by molar-refractivity contribution is -0.172. The number of carbonyl (C=O) groups is 4. The van der Waals surface area contributed by atoms with Gasteiger partial charge >= 0.3 is 11.9 Å². The molecular weight excluding hydrogens is 300 g/mol. The number of hydrogen-bond acceptors (Lipinski definition) is 6. The lowest BCUT2D eigenvalue weighted by Gasteiger charge is -2.10. The summed E-state index contributed by atoms with van der Waals surface area (Å²) in [5.74, 6) is -4.70. The summed E-state index contributed by atoms with van der Waals surface area (Å²) in [5.41, 5.74) is 0.129. The Hall–Kier alpha value is -2.55. The Morgan fingerprint density at radius 2 is 1.57 bits per heavy atom. The lowest BCUT2D eigenvalue weighted by atomic mass is 10.1. The van der Waals surface area contributed by atoms with Crippen molar-refractivity contribution in [2.45, 2.75) is 0 Å². The second kappa shape index (κ2) is 5.09. The maximum Gasteiger partial charge on any atom is 0.424 e. The Morgan fingerprint density at radius 3 is 2.00 bits per heavy atom. The number of hydrogen-bond donors (Lipinski definition) is 0. The molecule has 0 aromatic heterocycles.